The van der Waals surface area contributed by atoms with Crippen molar-refractivity contribution in [3.05, 3.63) is 69.7 Å². The van der Waals surface area contributed by atoms with Gasteiger partial charge in [0.2, 0.25) is 0 Å². The predicted molar refractivity (Wildman–Crippen MR) is 78.4 cm³/mol. The van der Waals surface area contributed by atoms with E-state index in [1.807, 2.05) is 19.1 Å². The van der Waals surface area contributed by atoms with E-state index in [9.17, 15) is 13.9 Å². The first-order valence-electron chi connectivity index (χ1n) is 6.37. The van der Waals surface area contributed by atoms with Crippen molar-refractivity contribution < 1.29 is 13.9 Å². The molecule has 0 amide bonds. The largest absolute Gasteiger partial charge is 0.385 e. The minimum absolute atomic E-state index is 0.0313. The summed E-state index contributed by atoms with van der Waals surface area (Å²) in [6.45, 7) is 1.82. The van der Waals surface area contributed by atoms with Gasteiger partial charge in [-0.1, -0.05) is 35.0 Å². The van der Waals surface area contributed by atoms with Crippen molar-refractivity contribution in [1.29, 1.82) is 0 Å². The molecule has 4 heteroatoms. The number of aliphatic hydroxyl groups is 1. The number of hydrogen-bond donors (Lipinski definition) is 1. The Bertz CT molecular complexity index is 615. The molecule has 1 atom stereocenters. The summed E-state index contributed by atoms with van der Waals surface area (Å²) in [6, 6.07) is 10.5. The van der Waals surface area contributed by atoms with E-state index in [1.54, 1.807) is 12.1 Å². The Balaban J connectivity index is 2.39. The Hall–Kier alpha value is -1.26. The monoisotopic (exact) mass is 340 g/mol. The van der Waals surface area contributed by atoms with E-state index in [1.165, 1.54) is 0 Å². The summed E-state index contributed by atoms with van der Waals surface area (Å²) in [6.07, 6.45) is 0.433. The third kappa shape index (κ3) is 3.25. The van der Waals surface area contributed by atoms with Gasteiger partial charge in [0.15, 0.2) is 0 Å². The molecule has 106 valence electrons. The standard InChI is InChI=1S/C16H15BrF2O/c1-2-16(20,12-4-3-5-13(17)9-12)10-11-8-14(18)6-7-15(11)19/h3-9,20H,2,10H2,1H3. The predicted octanol–water partition coefficient (Wildman–Crippen LogP) is 4.57. The van der Waals surface area contributed by atoms with Crippen LogP contribution in [-0.4, -0.2) is 5.11 Å². The van der Waals surface area contributed by atoms with E-state index in [-0.39, 0.29) is 12.0 Å². The molecule has 20 heavy (non-hydrogen) atoms. The van der Waals surface area contributed by atoms with Crippen LogP contribution in [0, 0.1) is 11.6 Å². The first kappa shape index (κ1) is 15.1. The number of halogens is 3. The van der Waals surface area contributed by atoms with Crippen molar-refractivity contribution in [2.24, 2.45) is 0 Å². The normalized spacial score (nSPS) is 14.1. The zero-order valence-electron chi connectivity index (χ0n) is 11.0. The second-order valence-electron chi connectivity index (χ2n) is 4.81. The summed E-state index contributed by atoms with van der Waals surface area (Å²) >= 11 is 3.35. The molecule has 0 aliphatic carbocycles. The second kappa shape index (κ2) is 6.02. The summed E-state index contributed by atoms with van der Waals surface area (Å²) in [5.41, 5.74) is -0.370. The highest BCUT2D eigenvalue weighted by atomic mass is 79.9. The Morgan fingerprint density at radius 1 is 1.15 bits per heavy atom. The van der Waals surface area contributed by atoms with Crippen LogP contribution in [0.4, 0.5) is 8.78 Å². The van der Waals surface area contributed by atoms with Gasteiger partial charge in [-0.15, -0.1) is 0 Å². The molecule has 0 saturated heterocycles. The fourth-order valence-corrected chi connectivity index (χ4v) is 2.60. The van der Waals surface area contributed by atoms with Crippen LogP contribution in [0.15, 0.2) is 46.9 Å². The highest BCUT2D eigenvalue weighted by Gasteiger charge is 2.29. The smallest absolute Gasteiger partial charge is 0.126 e. The molecule has 0 bridgehead atoms. The van der Waals surface area contributed by atoms with Crippen molar-refractivity contribution >= 4 is 15.9 Å². The van der Waals surface area contributed by atoms with Crippen LogP contribution in [0.25, 0.3) is 0 Å². The van der Waals surface area contributed by atoms with Crippen molar-refractivity contribution in [3.63, 3.8) is 0 Å². The molecule has 0 aliphatic heterocycles. The van der Waals surface area contributed by atoms with Gasteiger partial charge >= 0.3 is 0 Å². The molecule has 0 spiro atoms. The first-order valence-corrected chi connectivity index (χ1v) is 7.16. The third-order valence-electron chi connectivity index (χ3n) is 3.44. The molecule has 1 N–H and O–H groups in total. The minimum atomic E-state index is -1.22. The molecule has 1 nitrogen and oxygen atoms in total. The molecule has 0 heterocycles. The lowest BCUT2D eigenvalue weighted by molar-refractivity contribution is 0.0318. The van der Waals surface area contributed by atoms with E-state index in [2.05, 4.69) is 15.9 Å². The lowest BCUT2D eigenvalue weighted by Gasteiger charge is -2.28. The molecule has 0 radical (unpaired) electrons. The molecule has 2 aromatic rings. The van der Waals surface area contributed by atoms with Crippen LogP contribution in [0.5, 0.6) is 0 Å². The minimum Gasteiger partial charge on any atom is -0.385 e. The maximum absolute atomic E-state index is 13.7. The van der Waals surface area contributed by atoms with Gasteiger partial charge in [0.05, 0.1) is 5.60 Å². The summed E-state index contributed by atoms with van der Waals surface area (Å²) in [5.74, 6) is -1.01. The van der Waals surface area contributed by atoms with E-state index in [4.69, 9.17) is 0 Å². The lowest BCUT2D eigenvalue weighted by Crippen LogP contribution is -2.28. The molecule has 2 aromatic carbocycles. The molecule has 1 unspecified atom stereocenters. The van der Waals surface area contributed by atoms with Crippen LogP contribution in [-0.2, 0) is 12.0 Å². The maximum atomic E-state index is 13.7. The SMILES string of the molecule is CCC(O)(Cc1cc(F)ccc1F)c1cccc(Br)c1. The van der Waals surface area contributed by atoms with Crippen LogP contribution < -0.4 is 0 Å². The third-order valence-corrected chi connectivity index (χ3v) is 3.93. The van der Waals surface area contributed by atoms with Crippen molar-refractivity contribution in [2.75, 3.05) is 0 Å². The van der Waals surface area contributed by atoms with E-state index in [0.29, 0.717) is 12.0 Å². The zero-order chi connectivity index (χ0) is 14.8. The maximum Gasteiger partial charge on any atom is 0.126 e. The Kier molecular flexibility index (Phi) is 4.55. The van der Waals surface area contributed by atoms with Gasteiger partial charge in [0.1, 0.15) is 11.6 Å². The molecule has 0 saturated carbocycles. The van der Waals surface area contributed by atoms with Crippen LogP contribution in [0.2, 0.25) is 0 Å². The van der Waals surface area contributed by atoms with Gasteiger partial charge in [0.25, 0.3) is 0 Å². The first-order chi connectivity index (χ1) is 9.44. The number of rotatable bonds is 4. The highest BCUT2D eigenvalue weighted by molar-refractivity contribution is 9.10. The average molecular weight is 341 g/mol. The quantitative estimate of drug-likeness (QED) is 0.864. The lowest BCUT2D eigenvalue weighted by atomic mass is 9.85. The fourth-order valence-electron chi connectivity index (χ4n) is 2.20. The highest BCUT2D eigenvalue weighted by Crippen LogP contribution is 2.31. The van der Waals surface area contributed by atoms with Gasteiger partial charge in [-0.25, -0.2) is 8.78 Å². The van der Waals surface area contributed by atoms with E-state index >= 15 is 0 Å². The summed E-state index contributed by atoms with van der Waals surface area (Å²) in [7, 11) is 0. The van der Waals surface area contributed by atoms with E-state index in [0.717, 1.165) is 22.7 Å². The molecule has 0 fully saturated rings. The zero-order valence-corrected chi connectivity index (χ0v) is 12.6. The summed E-state index contributed by atoms with van der Waals surface area (Å²) in [5, 5.41) is 10.8. The van der Waals surface area contributed by atoms with Crippen LogP contribution in [0.3, 0.4) is 0 Å². The summed E-state index contributed by atoms with van der Waals surface area (Å²) < 4.78 is 27.8. The molecule has 2 rings (SSSR count). The molecular weight excluding hydrogens is 326 g/mol. The second-order valence-corrected chi connectivity index (χ2v) is 5.72. The Morgan fingerprint density at radius 3 is 2.55 bits per heavy atom. The fraction of sp³-hybridized carbons (Fsp3) is 0.250. The topological polar surface area (TPSA) is 20.2 Å². The molecule has 0 aliphatic rings. The molecule has 0 aromatic heterocycles. The van der Waals surface area contributed by atoms with Gasteiger partial charge < -0.3 is 5.11 Å². The van der Waals surface area contributed by atoms with Crippen molar-refractivity contribution in [1.82, 2.24) is 0 Å². The van der Waals surface area contributed by atoms with Crippen molar-refractivity contribution in [2.45, 2.75) is 25.4 Å². The van der Waals surface area contributed by atoms with Gasteiger partial charge in [-0.2, -0.15) is 0 Å². The molecular formula is C16H15BrF2O. The Morgan fingerprint density at radius 2 is 1.90 bits per heavy atom. The van der Waals surface area contributed by atoms with Gasteiger partial charge in [-0.3, -0.25) is 0 Å². The Labute approximate surface area is 125 Å². The number of benzene rings is 2. The van der Waals surface area contributed by atoms with Gasteiger partial charge in [0, 0.05) is 10.9 Å². The van der Waals surface area contributed by atoms with E-state index < -0.39 is 17.2 Å². The number of hydrogen-bond acceptors (Lipinski definition) is 1. The van der Waals surface area contributed by atoms with Crippen molar-refractivity contribution in [3.8, 4) is 0 Å². The van der Waals surface area contributed by atoms with Crippen LogP contribution in [0.1, 0.15) is 24.5 Å². The average Bonchev–Trinajstić information content (AvgIpc) is 2.43. The summed E-state index contributed by atoms with van der Waals surface area (Å²) in [4.78, 5) is 0. The van der Waals surface area contributed by atoms with Gasteiger partial charge in [-0.05, 0) is 47.9 Å². The van der Waals surface area contributed by atoms with Crippen LogP contribution >= 0.6 is 15.9 Å².